The van der Waals surface area contributed by atoms with Crippen molar-refractivity contribution in [3.8, 4) is 0 Å². The number of hydrogen-bond donors (Lipinski definition) is 0. The van der Waals surface area contributed by atoms with Gasteiger partial charge in [-0.25, -0.2) is 8.78 Å². The van der Waals surface area contributed by atoms with Gasteiger partial charge in [0.15, 0.2) is 0 Å². The van der Waals surface area contributed by atoms with Crippen molar-refractivity contribution in [2.75, 3.05) is 0 Å². The van der Waals surface area contributed by atoms with Crippen LogP contribution in [0.1, 0.15) is 46.0 Å². The third kappa shape index (κ3) is 1.38. The van der Waals surface area contributed by atoms with Crippen LogP contribution in [0.5, 0.6) is 0 Å². The van der Waals surface area contributed by atoms with Crippen LogP contribution in [0.25, 0.3) is 0 Å². The number of halogens is 2. The Hall–Kier alpha value is -0.140. The molecular weight excluding hydrogens is 170 g/mol. The summed E-state index contributed by atoms with van der Waals surface area (Å²) < 4.78 is 26.2. The first-order valence-electron chi connectivity index (χ1n) is 5.35. The van der Waals surface area contributed by atoms with Crippen LogP contribution in [-0.2, 0) is 0 Å². The highest BCUT2D eigenvalue weighted by Gasteiger charge is 2.70. The van der Waals surface area contributed by atoms with Crippen molar-refractivity contribution in [1.29, 1.82) is 0 Å². The molecule has 0 aromatic rings. The lowest BCUT2D eigenvalue weighted by atomic mass is 9.74. The third-order valence-electron chi connectivity index (χ3n) is 4.04. The van der Waals surface area contributed by atoms with Crippen LogP contribution in [0.3, 0.4) is 0 Å². The molecular formula is C11H18F2. The van der Waals surface area contributed by atoms with Crippen molar-refractivity contribution in [2.24, 2.45) is 17.3 Å². The van der Waals surface area contributed by atoms with E-state index in [1.807, 2.05) is 0 Å². The fourth-order valence-electron chi connectivity index (χ4n) is 2.85. The maximum absolute atomic E-state index is 13.1. The zero-order chi connectivity index (χ0) is 9.69. The molecule has 0 heterocycles. The van der Waals surface area contributed by atoms with E-state index in [1.54, 1.807) is 0 Å². The minimum atomic E-state index is -2.32. The largest absolute Gasteiger partial charge is 0.254 e. The fraction of sp³-hybridized carbons (Fsp3) is 1.00. The molecule has 0 amide bonds. The molecule has 0 radical (unpaired) electrons. The highest BCUT2D eigenvalue weighted by atomic mass is 19.3. The Balaban J connectivity index is 2.02. The monoisotopic (exact) mass is 188 g/mol. The Morgan fingerprint density at radius 3 is 2.38 bits per heavy atom. The van der Waals surface area contributed by atoms with Crippen molar-refractivity contribution in [3.63, 3.8) is 0 Å². The molecule has 0 aliphatic heterocycles. The van der Waals surface area contributed by atoms with Gasteiger partial charge in [0.05, 0.1) is 0 Å². The Kier molecular flexibility index (Phi) is 1.94. The Morgan fingerprint density at radius 1 is 1.31 bits per heavy atom. The molecule has 0 nitrogen and oxygen atoms in total. The molecule has 2 saturated carbocycles. The van der Waals surface area contributed by atoms with Gasteiger partial charge in [-0.05, 0) is 24.7 Å². The van der Waals surface area contributed by atoms with Crippen molar-refractivity contribution in [3.05, 3.63) is 0 Å². The van der Waals surface area contributed by atoms with E-state index in [9.17, 15) is 8.78 Å². The summed E-state index contributed by atoms with van der Waals surface area (Å²) >= 11 is 0. The Bertz CT molecular complexity index is 210. The molecule has 2 atom stereocenters. The molecule has 0 aromatic heterocycles. The quantitative estimate of drug-likeness (QED) is 0.586. The zero-order valence-electron chi connectivity index (χ0n) is 8.45. The van der Waals surface area contributed by atoms with Gasteiger partial charge in [-0.2, -0.15) is 0 Å². The van der Waals surface area contributed by atoms with Crippen LogP contribution in [-0.4, -0.2) is 5.92 Å². The molecule has 2 heteroatoms. The SMILES string of the molecule is CC(C)[C@H]1CCC[C@]2(C1)CC2(F)F. The van der Waals surface area contributed by atoms with Gasteiger partial charge in [-0.1, -0.05) is 26.7 Å². The van der Waals surface area contributed by atoms with Crippen molar-refractivity contribution in [2.45, 2.75) is 51.9 Å². The molecule has 2 aliphatic rings. The number of hydrogen-bond acceptors (Lipinski definition) is 0. The first-order valence-corrected chi connectivity index (χ1v) is 5.35. The lowest BCUT2D eigenvalue weighted by Crippen LogP contribution is -2.24. The van der Waals surface area contributed by atoms with E-state index in [0.29, 0.717) is 11.8 Å². The van der Waals surface area contributed by atoms with Gasteiger partial charge in [-0.3, -0.25) is 0 Å². The average molecular weight is 188 g/mol. The highest BCUT2D eigenvalue weighted by Crippen LogP contribution is 2.68. The summed E-state index contributed by atoms with van der Waals surface area (Å²) in [6.45, 7) is 4.31. The highest BCUT2D eigenvalue weighted by molar-refractivity contribution is 5.11. The first kappa shape index (κ1) is 9.42. The normalized spacial score (nSPS) is 42.7. The van der Waals surface area contributed by atoms with Crippen LogP contribution in [0.15, 0.2) is 0 Å². The molecule has 2 fully saturated rings. The Morgan fingerprint density at radius 2 is 1.92 bits per heavy atom. The molecule has 0 aromatic carbocycles. The summed E-state index contributed by atoms with van der Waals surface area (Å²) in [7, 11) is 0. The number of alkyl halides is 2. The second-order valence-electron chi connectivity index (χ2n) is 5.26. The van der Waals surface area contributed by atoms with Crippen molar-refractivity contribution >= 4 is 0 Å². The van der Waals surface area contributed by atoms with Crippen molar-refractivity contribution in [1.82, 2.24) is 0 Å². The topological polar surface area (TPSA) is 0 Å². The lowest BCUT2D eigenvalue weighted by molar-refractivity contribution is 0.0309. The summed E-state index contributed by atoms with van der Waals surface area (Å²) in [5.41, 5.74) is -0.555. The maximum Gasteiger partial charge on any atom is 0.254 e. The van der Waals surface area contributed by atoms with E-state index in [0.717, 1.165) is 25.7 Å². The van der Waals surface area contributed by atoms with Crippen molar-refractivity contribution < 1.29 is 8.78 Å². The van der Waals surface area contributed by atoms with E-state index in [2.05, 4.69) is 13.8 Å². The smallest absolute Gasteiger partial charge is 0.206 e. The van der Waals surface area contributed by atoms with E-state index < -0.39 is 11.3 Å². The minimum Gasteiger partial charge on any atom is -0.206 e. The zero-order valence-corrected chi connectivity index (χ0v) is 8.45. The minimum absolute atomic E-state index is 0.170. The van der Waals surface area contributed by atoms with Crippen LogP contribution in [0.2, 0.25) is 0 Å². The molecule has 0 saturated heterocycles. The second-order valence-corrected chi connectivity index (χ2v) is 5.26. The van der Waals surface area contributed by atoms with E-state index in [4.69, 9.17) is 0 Å². The van der Waals surface area contributed by atoms with E-state index >= 15 is 0 Å². The van der Waals surface area contributed by atoms with Crippen LogP contribution < -0.4 is 0 Å². The van der Waals surface area contributed by atoms with Gasteiger partial charge in [0.1, 0.15) is 0 Å². The standard InChI is InChI=1S/C11H18F2/c1-8(2)9-4-3-5-10(6-9)7-11(10,12)13/h8-9H,3-7H2,1-2H3/t9-,10-/m0/s1. The van der Waals surface area contributed by atoms with E-state index in [1.165, 1.54) is 0 Å². The molecule has 0 unspecified atom stereocenters. The second kappa shape index (κ2) is 2.68. The summed E-state index contributed by atoms with van der Waals surface area (Å²) in [5.74, 6) is -1.20. The molecule has 1 spiro atoms. The summed E-state index contributed by atoms with van der Waals surface area (Å²) in [5, 5.41) is 0. The van der Waals surface area contributed by atoms with Crippen LogP contribution in [0.4, 0.5) is 8.78 Å². The van der Waals surface area contributed by atoms with Gasteiger partial charge in [-0.15, -0.1) is 0 Å². The number of rotatable bonds is 1. The summed E-state index contributed by atoms with van der Waals surface area (Å²) in [4.78, 5) is 0. The van der Waals surface area contributed by atoms with Gasteiger partial charge >= 0.3 is 0 Å². The lowest BCUT2D eigenvalue weighted by Gasteiger charge is -2.31. The summed E-state index contributed by atoms with van der Waals surface area (Å²) in [6, 6.07) is 0. The average Bonchev–Trinajstić information content (AvgIpc) is 2.52. The van der Waals surface area contributed by atoms with Gasteiger partial charge < -0.3 is 0 Å². The summed E-state index contributed by atoms with van der Waals surface area (Å²) in [6.07, 6.45) is 3.89. The molecule has 2 aliphatic carbocycles. The van der Waals surface area contributed by atoms with Gasteiger partial charge in [0.25, 0.3) is 5.92 Å². The predicted octanol–water partition coefficient (Wildman–Crippen LogP) is 3.86. The van der Waals surface area contributed by atoms with Gasteiger partial charge in [0, 0.05) is 11.8 Å². The maximum atomic E-state index is 13.1. The fourth-order valence-corrected chi connectivity index (χ4v) is 2.85. The Labute approximate surface area is 78.7 Å². The molecule has 13 heavy (non-hydrogen) atoms. The van der Waals surface area contributed by atoms with Gasteiger partial charge in [0.2, 0.25) is 0 Å². The third-order valence-corrected chi connectivity index (χ3v) is 4.04. The van der Waals surface area contributed by atoms with E-state index in [-0.39, 0.29) is 6.42 Å². The van der Waals surface area contributed by atoms with Crippen LogP contribution in [0, 0.1) is 17.3 Å². The molecule has 0 bridgehead atoms. The molecule has 76 valence electrons. The predicted molar refractivity (Wildman–Crippen MR) is 48.8 cm³/mol. The molecule has 2 rings (SSSR count). The molecule has 0 N–H and O–H groups in total. The first-order chi connectivity index (χ1) is 5.97. The van der Waals surface area contributed by atoms with Crippen LogP contribution >= 0.6 is 0 Å².